The Morgan fingerprint density at radius 2 is 1.81 bits per heavy atom. The zero-order valence-electron chi connectivity index (χ0n) is 14.2. The van der Waals surface area contributed by atoms with Crippen LogP contribution in [0.4, 0.5) is 0 Å². The highest BCUT2D eigenvalue weighted by Crippen LogP contribution is 2.38. The number of hydrogen-bond acceptors (Lipinski definition) is 6. The standard InChI is InChI=1S/C16H13Cl2N5O4/c1-3-10-14(24)19-6-11(20-10)27-13-8(17)4-7(5-9(13)18)12-15(25)21-16(26)23(2)22-12/h4-6H,3H2,1-2H3,(H,19,24)(H,21,25,26). The minimum atomic E-state index is -0.672. The molecule has 11 heteroatoms. The molecule has 0 radical (unpaired) electrons. The van der Waals surface area contributed by atoms with Gasteiger partial charge in [0, 0.05) is 12.6 Å². The summed E-state index contributed by atoms with van der Waals surface area (Å²) in [7, 11) is 1.40. The number of benzene rings is 1. The molecule has 140 valence electrons. The number of rotatable bonds is 4. The van der Waals surface area contributed by atoms with Crippen molar-refractivity contribution in [3.05, 3.63) is 65.3 Å². The average molecular weight is 410 g/mol. The van der Waals surface area contributed by atoms with Crippen LogP contribution in [0, 0.1) is 0 Å². The van der Waals surface area contributed by atoms with E-state index in [1.54, 1.807) is 6.92 Å². The highest BCUT2D eigenvalue weighted by Gasteiger charge is 2.16. The van der Waals surface area contributed by atoms with E-state index in [1.165, 1.54) is 25.4 Å². The number of aromatic amines is 2. The van der Waals surface area contributed by atoms with Crippen molar-refractivity contribution in [1.82, 2.24) is 24.7 Å². The Hall–Kier alpha value is -2.91. The molecule has 0 aliphatic rings. The van der Waals surface area contributed by atoms with E-state index in [0.717, 1.165) is 4.68 Å². The number of aryl methyl sites for hydroxylation is 2. The van der Waals surface area contributed by atoms with E-state index in [-0.39, 0.29) is 32.9 Å². The molecule has 0 bridgehead atoms. The molecule has 9 nitrogen and oxygen atoms in total. The van der Waals surface area contributed by atoms with Crippen LogP contribution in [0.1, 0.15) is 12.6 Å². The topological polar surface area (TPSA) is 123 Å². The van der Waals surface area contributed by atoms with E-state index >= 15 is 0 Å². The maximum absolute atomic E-state index is 12.0. The minimum absolute atomic E-state index is 0.0251. The normalized spacial score (nSPS) is 10.8. The van der Waals surface area contributed by atoms with Gasteiger partial charge in [-0.15, -0.1) is 0 Å². The summed E-state index contributed by atoms with van der Waals surface area (Å²) in [4.78, 5) is 43.8. The van der Waals surface area contributed by atoms with Gasteiger partial charge in [-0.25, -0.2) is 14.5 Å². The summed E-state index contributed by atoms with van der Waals surface area (Å²) in [6.07, 6.45) is 1.72. The van der Waals surface area contributed by atoms with E-state index in [0.29, 0.717) is 17.7 Å². The molecular formula is C16H13Cl2N5O4. The van der Waals surface area contributed by atoms with E-state index in [9.17, 15) is 14.4 Å². The van der Waals surface area contributed by atoms with Crippen molar-refractivity contribution in [1.29, 1.82) is 0 Å². The van der Waals surface area contributed by atoms with Gasteiger partial charge in [0.05, 0.1) is 16.2 Å². The van der Waals surface area contributed by atoms with Gasteiger partial charge in [0.15, 0.2) is 11.4 Å². The lowest BCUT2D eigenvalue weighted by Gasteiger charge is -2.11. The lowest BCUT2D eigenvalue weighted by Crippen LogP contribution is -2.31. The molecular weight excluding hydrogens is 397 g/mol. The zero-order chi connectivity index (χ0) is 19.7. The monoisotopic (exact) mass is 409 g/mol. The van der Waals surface area contributed by atoms with E-state index in [1.807, 2.05) is 0 Å². The molecule has 0 fully saturated rings. The van der Waals surface area contributed by atoms with Gasteiger partial charge in [-0.3, -0.25) is 14.6 Å². The van der Waals surface area contributed by atoms with Gasteiger partial charge < -0.3 is 9.72 Å². The van der Waals surface area contributed by atoms with Crippen LogP contribution in [0.5, 0.6) is 11.6 Å². The summed E-state index contributed by atoms with van der Waals surface area (Å²) >= 11 is 12.5. The fourth-order valence-corrected chi connectivity index (χ4v) is 2.85. The molecule has 2 aromatic heterocycles. The largest absolute Gasteiger partial charge is 0.434 e. The fourth-order valence-electron chi connectivity index (χ4n) is 2.28. The lowest BCUT2D eigenvalue weighted by atomic mass is 10.1. The first-order valence-corrected chi connectivity index (χ1v) is 8.49. The molecule has 0 saturated heterocycles. The van der Waals surface area contributed by atoms with Crippen LogP contribution in [0.2, 0.25) is 10.0 Å². The first-order valence-electron chi connectivity index (χ1n) is 7.73. The van der Waals surface area contributed by atoms with Crippen LogP contribution < -0.4 is 21.5 Å². The highest BCUT2D eigenvalue weighted by molar-refractivity contribution is 6.37. The Morgan fingerprint density at radius 3 is 2.44 bits per heavy atom. The third-order valence-electron chi connectivity index (χ3n) is 3.63. The van der Waals surface area contributed by atoms with Crippen LogP contribution in [0.3, 0.4) is 0 Å². The second-order valence-corrected chi connectivity index (χ2v) is 6.29. The van der Waals surface area contributed by atoms with Crippen molar-refractivity contribution in [2.45, 2.75) is 13.3 Å². The summed E-state index contributed by atoms with van der Waals surface area (Å²) in [5.41, 5.74) is -1.04. The third kappa shape index (κ3) is 3.79. The Bertz CT molecular complexity index is 1180. The number of H-pyrrole nitrogens is 2. The van der Waals surface area contributed by atoms with Gasteiger partial charge in [0.1, 0.15) is 5.69 Å². The number of ether oxygens (including phenoxy) is 1. The van der Waals surface area contributed by atoms with Crippen molar-refractivity contribution in [3.8, 4) is 22.9 Å². The van der Waals surface area contributed by atoms with E-state index in [4.69, 9.17) is 27.9 Å². The second-order valence-electron chi connectivity index (χ2n) is 5.47. The maximum atomic E-state index is 12.0. The van der Waals surface area contributed by atoms with Gasteiger partial charge in [0.25, 0.3) is 11.1 Å². The van der Waals surface area contributed by atoms with E-state index < -0.39 is 11.2 Å². The molecule has 3 rings (SSSR count). The molecule has 0 atom stereocenters. The van der Waals surface area contributed by atoms with Crippen LogP contribution >= 0.6 is 23.2 Å². The van der Waals surface area contributed by atoms with E-state index in [2.05, 4.69) is 20.1 Å². The van der Waals surface area contributed by atoms with Gasteiger partial charge in [-0.1, -0.05) is 30.1 Å². The Kier molecular flexibility index (Phi) is 5.15. The molecule has 0 aliphatic heterocycles. The SMILES string of the molecule is CCc1nc(Oc2c(Cl)cc(-c3nn(C)c(=O)[nH]c3=O)cc2Cl)c[nH]c1=O. The van der Waals surface area contributed by atoms with Crippen molar-refractivity contribution < 1.29 is 4.74 Å². The number of halogens is 2. The van der Waals surface area contributed by atoms with Gasteiger partial charge in [0.2, 0.25) is 5.88 Å². The lowest BCUT2D eigenvalue weighted by molar-refractivity contribution is 0.457. The molecule has 1 aromatic carbocycles. The number of nitrogens with zero attached hydrogens (tertiary/aromatic N) is 3. The third-order valence-corrected chi connectivity index (χ3v) is 4.19. The van der Waals surface area contributed by atoms with Gasteiger partial charge >= 0.3 is 5.69 Å². The van der Waals surface area contributed by atoms with Crippen LogP contribution in [0.25, 0.3) is 11.3 Å². The molecule has 0 unspecified atom stereocenters. The smallest absolute Gasteiger partial charge is 0.344 e. The van der Waals surface area contributed by atoms with Crippen molar-refractivity contribution >= 4 is 23.2 Å². The van der Waals surface area contributed by atoms with Crippen LogP contribution in [-0.4, -0.2) is 24.7 Å². The summed E-state index contributed by atoms with van der Waals surface area (Å²) in [5, 5.41) is 4.11. The maximum Gasteiger partial charge on any atom is 0.344 e. The molecule has 2 heterocycles. The average Bonchev–Trinajstić information content (AvgIpc) is 2.62. The second kappa shape index (κ2) is 7.37. The fraction of sp³-hybridized carbons (Fsp3) is 0.188. The predicted octanol–water partition coefficient (Wildman–Crippen LogP) is 1.88. The Labute approximate surface area is 161 Å². The molecule has 27 heavy (non-hydrogen) atoms. The first kappa shape index (κ1) is 18.9. The number of nitrogens with one attached hydrogen (secondary N) is 2. The summed E-state index contributed by atoms with van der Waals surface area (Å²) in [6, 6.07) is 2.86. The van der Waals surface area contributed by atoms with Crippen LogP contribution in [0.15, 0.2) is 32.7 Å². The number of aromatic nitrogens is 5. The molecule has 0 amide bonds. The highest BCUT2D eigenvalue weighted by atomic mass is 35.5. The van der Waals surface area contributed by atoms with Crippen molar-refractivity contribution in [2.24, 2.45) is 7.05 Å². The number of hydrogen-bond donors (Lipinski definition) is 2. The quantitative estimate of drug-likeness (QED) is 0.677. The molecule has 0 saturated carbocycles. The summed E-state index contributed by atoms with van der Waals surface area (Å²) in [5.74, 6) is 0.214. The predicted molar refractivity (Wildman–Crippen MR) is 99.9 cm³/mol. The zero-order valence-corrected chi connectivity index (χ0v) is 15.7. The van der Waals surface area contributed by atoms with Gasteiger partial charge in [-0.2, -0.15) is 5.10 Å². The molecule has 0 aliphatic carbocycles. The minimum Gasteiger partial charge on any atom is -0.434 e. The Balaban J connectivity index is 2.04. The van der Waals surface area contributed by atoms with Crippen LogP contribution in [-0.2, 0) is 13.5 Å². The molecule has 2 N–H and O–H groups in total. The molecule has 3 aromatic rings. The summed E-state index contributed by atoms with van der Waals surface area (Å²) in [6.45, 7) is 1.79. The summed E-state index contributed by atoms with van der Waals surface area (Å²) < 4.78 is 6.58. The van der Waals surface area contributed by atoms with Crippen molar-refractivity contribution in [3.63, 3.8) is 0 Å². The molecule has 0 spiro atoms. The van der Waals surface area contributed by atoms with Crippen molar-refractivity contribution in [2.75, 3.05) is 0 Å². The Morgan fingerprint density at radius 1 is 1.15 bits per heavy atom. The first-order chi connectivity index (χ1) is 12.8. The van der Waals surface area contributed by atoms with Gasteiger partial charge in [-0.05, 0) is 18.6 Å².